The van der Waals surface area contributed by atoms with Gasteiger partial charge < -0.3 is 9.88 Å². The van der Waals surface area contributed by atoms with E-state index >= 15 is 0 Å². The summed E-state index contributed by atoms with van der Waals surface area (Å²) in [6.07, 6.45) is 6.27. The van der Waals surface area contributed by atoms with Crippen LogP contribution in [0.1, 0.15) is 52.1 Å². The van der Waals surface area contributed by atoms with Crippen molar-refractivity contribution in [3.05, 3.63) is 24.0 Å². The van der Waals surface area contributed by atoms with Gasteiger partial charge in [0.15, 0.2) is 9.84 Å². The maximum Gasteiger partial charge on any atom is 0.154 e. The monoisotopic (exact) mass is 300 g/mol. The number of rotatable bonds is 9. The summed E-state index contributed by atoms with van der Waals surface area (Å²) in [5.74, 6) is 0.207. The van der Waals surface area contributed by atoms with E-state index in [-0.39, 0.29) is 11.0 Å². The van der Waals surface area contributed by atoms with E-state index in [0.717, 1.165) is 19.4 Å². The third-order valence-corrected chi connectivity index (χ3v) is 5.74. The molecule has 0 amide bonds. The van der Waals surface area contributed by atoms with E-state index in [0.29, 0.717) is 12.6 Å². The number of aromatic nitrogens is 1. The van der Waals surface area contributed by atoms with Gasteiger partial charge in [0.05, 0.1) is 11.0 Å². The first-order chi connectivity index (χ1) is 9.40. The highest BCUT2D eigenvalue weighted by Crippen LogP contribution is 2.19. The van der Waals surface area contributed by atoms with E-state index in [1.165, 1.54) is 5.56 Å². The third-order valence-electron chi connectivity index (χ3n) is 3.56. The van der Waals surface area contributed by atoms with E-state index in [1.54, 1.807) is 13.8 Å². The zero-order valence-corrected chi connectivity index (χ0v) is 13.9. The summed E-state index contributed by atoms with van der Waals surface area (Å²) < 4.78 is 25.6. The van der Waals surface area contributed by atoms with Crippen molar-refractivity contribution >= 4 is 9.84 Å². The van der Waals surface area contributed by atoms with Crippen molar-refractivity contribution in [2.45, 2.75) is 58.4 Å². The van der Waals surface area contributed by atoms with Crippen molar-refractivity contribution in [3.8, 4) is 0 Å². The molecule has 5 heteroatoms. The first kappa shape index (κ1) is 17.2. The molecule has 1 unspecified atom stereocenters. The fraction of sp³-hybridized carbons (Fsp3) is 0.733. The van der Waals surface area contributed by atoms with Gasteiger partial charge in [-0.1, -0.05) is 20.3 Å². The highest BCUT2D eigenvalue weighted by atomic mass is 32.2. The molecule has 1 rings (SSSR count). The molecule has 0 aromatic carbocycles. The molecule has 0 saturated carbocycles. The lowest BCUT2D eigenvalue weighted by atomic mass is 10.1. The summed E-state index contributed by atoms with van der Waals surface area (Å²) in [7, 11) is -2.96. The molecule has 0 bridgehead atoms. The van der Waals surface area contributed by atoms with Crippen molar-refractivity contribution in [2.75, 3.05) is 12.3 Å². The van der Waals surface area contributed by atoms with Gasteiger partial charge in [0, 0.05) is 25.0 Å². The molecular formula is C15H28N2O2S. The lowest BCUT2D eigenvalue weighted by Gasteiger charge is -2.15. The largest absolute Gasteiger partial charge is 0.353 e. The maximum absolute atomic E-state index is 11.8. The maximum atomic E-state index is 11.8. The first-order valence-corrected chi connectivity index (χ1v) is 9.22. The van der Waals surface area contributed by atoms with Crippen LogP contribution in [0, 0.1) is 0 Å². The van der Waals surface area contributed by atoms with E-state index in [9.17, 15) is 8.42 Å². The number of nitrogens with zero attached hydrogens (tertiary/aromatic N) is 1. The Hall–Kier alpha value is -0.810. The summed E-state index contributed by atoms with van der Waals surface area (Å²) in [4.78, 5) is 0. The van der Waals surface area contributed by atoms with Crippen LogP contribution in [0.4, 0.5) is 0 Å². The van der Waals surface area contributed by atoms with Gasteiger partial charge in [-0.3, -0.25) is 0 Å². The normalized spacial score (nSPS) is 13.8. The van der Waals surface area contributed by atoms with Crippen molar-refractivity contribution in [1.29, 1.82) is 0 Å². The van der Waals surface area contributed by atoms with E-state index in [1.807, 2.05) is 10.8 Å². The predicted molar refractivity (Wildman–Crippen MR) is 84.7 cm³/mol. The average Bonchev–Trinajstić information content (AvgIpc) is 2.85. The SMILES string of the molecule is CCCC(NCC)c1ccn(CCS(=O)(=O)C(C)C)c1. The molecule has 0 saturated heterocycles. The molecule has 0 radical (unpaired) electrons. The van der Waals surface area contributed by atoms with Crippen LogP contribution in [0.2, 0.25) is 0 Å². The second-order valence-corrected chi connectivity index (χ2v) is 8.17. The fourth-order valence-electron chi connectivity index (χ4n) is 2.19. The van der Waals surface area contributed by atoms with Crippen LogP contribution in [0.5, 0.6) is 0 Å². The van der Waals surface area contributed by atoms with Crippen LogP contribution < -0.4 is 5.32 Å². The fourth-order valence-corrected chi connectivity index (χ4v) is 3.13. The van der Waals surface area contributed by atoms with Crippen LogP contribution in [-0.4, -0.2) is 30.5 Å². The van der Waals surface area contributed by atoms with Crippen LogP contribution in [0.25, 0.3) is 0 Å². The molecule has 0 spiro atoms. The molecule has 4 nitrogen and oxygen atoms in total. The van der Waals surface area contributed by atoms with E-state index < -0.39 is 9.84 Å². The number of aryl methyl sites for hydroxylation is 1. The highest BCUT2D eigenvalue weighted by Gasteiger charge is 2.16. The predicted octanol–water partition coefficient (Wildman–Crippen LogP) is 2.76. The molecule has 1 aromatic rings. The molecule has 0 aliphatic carbocycles. The molecular weight excluding hydrogens is 272 g/mol. The van der Waals surface area contributed by atoms with Crippen molar-refractivity contribution in [3.63, 3.8) is 0 Å². The molecule has 1 atom stereocenters. The number of hydrogen-bond donors (Lipinski definition) is 1. The summed E-state index contributed by atoms with van der Waals surface area (Å²) in [5, 5.41) is 3.17. The average molecular weight is 300 g/mol. The zero-order valence-electron chi connectivity index (χ0n) is 13.1. The quantitative estimate of drug-likeness (QED) is 0.763. The van der Waals surface area contributed by atoms with Gasteiger partial charge in [-0.15, -0.1) is 0 Å². The smallest absolute Gasteiger partial charge is 0.154 e. The second-order valence-electron chi connectivity index (χ2n) is 5.50. The molecule has 0 aliphatic heterocycles. The molecule has 20 heavy (non-hydrogen) atoms. The molecule has 0 fully saturated rings. The van der Waals surface area contributed by atoms with Gasteiger partial charge in [-0.2, -0.15) is 0 Å². The Kier molecular flexibility index (Phi) is 6.76. The summed E-state index contributed by atoms with van der Waals surface area (Å²) in [6, 6.07) is 2.46. The molecule has 1 aromatic heterocycles. The standard InChI is InChI=1S/C15H28N2O2S/c1-5-7-15(16-6-2)14-8-9-17(12-14)10-11-20(18,19)13(3)4/h8-9,12-13,15-16H,5-7,10-11H2,1-4H3. The lowest BCUT2D eigenvalue weighted by molar-refractivity contribution is 0.508. The van der Waals surface area contributed by atoms with Crippen molar-refractivity contribution in [1.82, 2.24) is 9.88 Å². The third kappa shape index (κ3) is 4.94. The van der Waals surface area contributed by atoms with Gasteiger partial charge in [-0.05, 0) is 38.4 Å². The van der Waals surface area contributed by atoms with Gasteiger partial charge in [0.2, 0.25) is 0 Å². The minimum atomic E-state index is -2.96. The molecule has 1 heterocycles. The summed E-state index contributed by atoms with van der Waals surface area (Å²) in [6.45, 7) is 9.23. The number of sulfone groups is 1. The van der Waals surface area contributed by atoms with Gasteiger partial charge in [0.1, 0.15) is 0 Å². The van der Waals surface area contributed by atoms with Gasteiger partial charge in [-0.25, -0.2) is 8.42 Å². The zero-order chi connectivity index (χ0) is 15.2. The summed E-state index contributed by atoms with van der Waals surface area (Å²) >= 11 is 0. The molecule has 1 N–H and O–H groups in total. The molecule has 116 valence electrons. The topological polar surface area (TPSA) is 51.1 Å². The van der Waals surface area contributed by atoms with Crippen LogP contribution >= 0.6 is 0 Å². The van der Waals surface area contributed by atoms with E-state index in [4.69, 9.17) is 0 Å². The number of nitrogens with one attached hydrogen (secondary N) is 1. The second kappa shape index (κ2) is 7.84. The minimum absolute atomic E-state index is 0.207. The highest BCUT2D eigenvalue weighted by molar-refractivity contribution is 7.91. The van der Waals surface area contributed by atoms with Crippen molar-refractivity contribution in [2.24, 2.45) is 0 Å². The Morgan fingerprint density at radius 1 is 1.30 bits per heavy atom. The lowest BCUT2D eigenvalue weighted by Crippen LogP contribution is -2.21. The van der Waals surface area contributed by atoms with E-state index in [2.05, 4.69) is 31.4 Å². The minimum Gasteiger partial charge on any atom is -0.353 e. The Balaban J connectivity index is 2.67. The number of hydrogen-bond acceptors (Lipinski definition) is 3. The Labute approximate surface area is 123 Å². The molecule has 0 aliphatic rings. The Bertz CT molecular complexity index is 486. The Morgan fingerprint density at radius 3 is 2.55 bits per heavy atom. The van der Waals surface area contributed by atoms with Crippen LogP contribution in [-0.2, 0) is 16.4 Å². The summed E-state index contributed by atoms with van der Waals surface area (Å²) in [5.41, 5.74) is 1.25. The van der Waals surface area contributed by atoms with Gasteiger partial charge >= 0.3 is 0 Å². The van der Waals surface area contributed by atoms with Crippen LogP contribution in [0.15, 0.2) is 18.5 Å². The Morgan fingerprint density at radius 2 is 2.00 bits per heavy atom. The van der Waals surface area contributed by atoms with Crippen molar-refractivity contribution < 1.29 is 8.42 Å². The van der Waals surface area contributed by atoms with Gasteiger partial charge in [0.25, 0.3) is 0 Å². The van der Waals surface area contributed by atoms with Crippen LogP contribution in [0.3, 0.4) is 0 Å². The first-order valence-electron chi connectivity index (χ1n) is 7.51.